The molecule has 3 saturated heterocycles. The first-order valence-corrected chi connectivity index (χ1v) is 17.9. The van der Waals surface area contributed by atoms with Crippen LogP contribution in [0.4, 0.5) is 4.79 Å². The Kier molecular flexibility index (Phi) is 11.5. The quantitative estimate of drug-likeness (QED) is 0.157. The number of nitrogens with one attached hydrogen (secondary N) is 2. The Morgan fingerprint density at radius 3 is 2.51 bits per heavy atom. The van der Waals surface area contributed by atoms with Crippen LogP contribution in [-0.4, -0.2) is 90.2 Å². The van der Waals surface area contributed by atoms with Crippen molar-refractivity contribution in [3.63, 3.8) is 0 Å². The van der Waals surface area contributed by atoms with E-state index >= 15 is 0 Å². The zero-order valence-corrected chi connectivity index (χ0v) is 25.4. The fourth-order valence-electron chi connectivity index (χ4n) is 5.54. The van der Waals surface area contributed by atoms with Crippen molar-refractivity contribution in [1.29, 1.82) is 0 Å². The van der Waals surface area contributed by atoms with E-state index in [2.05, 4.69) is 20.8 Å². The van der Waals surface area contributed by atoms with Crippen LogP contribution in [0.5, 0.6) is 0 Å². The molecule has 3 heterocycles. The normalized spacial score (nSPS) is 26.8. The van der Waals surface area contributed by atoms with Gasteiger partial charge < -0.3 is 0 Å². The Balaban J connectivity index is 1.68. The van der Waals surface area contributed by atoms with Gasteiger partial charge in [0.15, 0.2) is 0 Å². The van der Waals surface area contributed by atoms with E-state index < -0.39 is 26.2 Å². The molecule has 3 aliphatic heterocycles. The molecule has 3 N–H and O–H groups in total. The third-order valence-corrected chi connectivity index (χ3v) is 14.3. The monoisotopic (exact) mass is 633 g/mol. The van der Waals surface area contributed by atoms with Crippen molar-refractivity contribution in [2.75, 3.05) is 42.1 Å². The molecule has 3 fully saturated rings. The topological polar surface area (TPSA) is 105 Å². The molecule has 0 radical (unpaired) electrons. The summed E-state index contributed by atoms with van der Waals surface area (Å²) in [6.45, 7) is 10.2. The van der Waals surface area contributed by atoms with E-state index in [0.29, 0.717) is 32.6 Å². The van der Waals surface area contributed by atoms with E-state index in [-0.39, 0.29) is 41.6 Å². The summed E-state index contributed by atoms with van der Waals surface area (Å²) < 4.78 is 4.60. The Bertz CT molecular complexity index is 817. The molecule has 4 unspecified atom stereocenters. The first kappa shape index (κ1) is 30.1. The molecular formula is C27H48IN5O4. The molecule has 4 amide bonds. The zero-order chi connectivity index (χ0) is 27.1. The number of hydrogen-bond donors (Lipinski definition) is 3. The molecule has 9 nitrogen and oxygen atoms in total. The Morgan fingerprint density at radius 2 is 1.89 bits per heavy atom. The summed E-state index contributed by atoms with van der Waals surface area (Å²) in [7, 11) is 1.61. The van der Waals surface area contributed by atoms with Crippen molar-refractivity contribution in [2.45, 2.75) is 71.9 Å². The maximum atomic E-state index is 13.8. The van der Waals surface area contributed by atoms with E-state index in [1.54, 1.807) is 23.0 Å². The average Bonchev–Trinajstić information content (AvgIpc) is 3.52. The Hall–Kier alpha value is -1.40. The number of hydrogen-bond acceptors (Lipinski definition) is 5. The first-order valence-electron chi connectivity index (χ1n) is 13.9. The van der Waals surface area contributed by atoms with Crippen molar-refractivity contribution in [2.24, 2.45) is 23.7 Å². The van der Waals surface area contributed by atoms with Gasteiger partial charge in [-0.2, -0.15) is 0 Å². The fraction of sp³-hybridized carbons (Fsp3) is 0.815. The molecule has 10 heteroatoms. The molecular weight excluding hydrogens is 585 g/mol. The van der Waals surface area contributed by atoms with Crippen LogP contribution in [0.15, 0.2) is 12.2 Å². The van der Waals surface area contributed by atoms with Crippen molar-refractivity contribution in [1.82, 2.24) is 23.8 Å². The molecule has 3 rings (SSSR count). The summed E-state index contributed by atoms with van der Waals surface area (Å²) >= 11 is -1.60. The van der Waals surface area contributed by atoms with Gasteiger partial charge in [-0.1, -0.05) is 6.08 Å². The third kappa shape index (κ3) is 7.81. The van der Waals surface area contributed by atoms with Crippen molar-refractivity contribution in [3.05, 3.63) is 12.2 Å². The average molecular weight is 634 g/mol. The van der Waals surface area contributed by atoms with Crippen LogP contribution < -0.4 is 10.7 Å². The van der Waals surface area contributed by atoms with Gasteiger partial charge in [-0.25, -0.2) is 0 Å². The van der Waals surface area contributed by atoms with Gasteiger partial charge in [-0.15, -0.1) is 0 Å². The molecule has 0 saturated carbocycles. The minimum absolute atomic E-state index is 0.0194. The SMILES string of the molecule is C/C=C\C(O)CCCC1CN(C(=O)NC)CC1C(=O)N1CC(N(C(=O)C(C)C)I2CCC(C)CC2)CN1. The molecule has 37 heavy (non-hydrogen) atoms. The number of aliphatic hydroxyl groups excluding tert-OH is 1. The number of hydrazine groups is 1. The van der Waals surface area contributed by atoms with Crippen LogP contribution in [0.25, 0.3) is 0 Å². The number of urea groups is 1. The summed E-state index contributed by atoms with van der Waals surface area (Å²) in [6.07, 6.45) is 7.78. The van der Waals surface area contributed by atoms with Crippen LogP contribution in [0.2, 0.25) is 0 Å². The number of amides is 4. The predicted molar refractivity (Wildman–Crippen MR) is 155 cm³/mol. The van der Waals surface area contributed by atoms with Gasteiger partial charge in [0, 0.05) is 0 Å². The second-order valence-corrected chi connectivity index (χ2v) is 16.7. The standard InChI is InChI=1S/C27H48IN5O4/c1-6-8-23(34)10-7-9-21-16-31(27(37)29-5)18-24(21)26(36)32-17-22(15-30-32)33(25(35)19(2)3)28-13-11-20(4)12-14-28/h6,8,19-24,30,34H,7,9-18H2,1-5H3,(H,29,37)/b8-6-. The van der Waals surface area contributed by atoms with Crippen LogP contribution in [0.1, 0.15) is 59.8 Å². The number of nitrogens with zero attached hydrogens (tertiary/aromatic N) is 3. The molecule has 0 aromatic heterocycles. The molecule has 0 spiro atoms. The number of halogens is 1. The summed E-state index contributed by atoms with van der Waals surface area (Å²) in [6, 6.07) is -0.128. The van der Waals surface area contributed by atoms with E-state index in [1.807, 2.05) is 26.8 Å². The van der Waals surface area contributed by atoms with E-state index in [9.17, 15) is 19.5 Å². The molecule has 0 aromatic carbocycles. The summed E-state index contributed by atoms with van der Waals surface area (Å²) in [5.41, 5.74) is 3.32. The Morgan fingerprint density at radius 1 is 1.19 bits per heavy atom. The second-order valence-electron chi connectivity index (χ2n) is 11.1. The second kappa shape index (κ2) is 14.1. The Labute approximate surface area is 230 Å². The summed E-state index contributed by atoms with van der Waals surface area (Å²) in [4.78, 5) is 41.2. The van der Waals surface area contributed by atoms with Crippen molar-refractivity contribution < 1.29 is 19.5 Å². The van der Waals surface area contributed by atoms with E-state index in [0.717, 1.165) is 18.8 Å². The van der Waals surface area contributed by atoms with Gasteiger partial charge in [0.2, 0.25) is 0 Å². The van der Waals surface area contributed by atoms with Crippen molar-refractivity contribution in [3.8, 4) is 0 Å². The predicted octanol–water partition coefficient (Wildman–Crippen LogP) is 3.03. The van der Waals surface area contributed by atoms with Crippen LogP contribution >= 0.6 is 20.1 Å². The van der Waals surface area contributed by atoms with Gasteiger partial charge in [0.05, 0.1) is 0 Å². The van der Waals surface area contributed by atoms with E-state index in [1.165, 1.54) is 21.7 Å². The van der Waals surface area contributed by atoms with Crippen molar-refractivity contribution >= 4 is 37.9 Å². The maximum absolute atomic E-state index is 13.8. The van der Waals surface area contributed by atoms with Gasteiger partial charge in [0.25, 0.3) is 0 Å². The van der Waals surface area contributed by atoms with Crippen LogP contribution in [0.3, 0.4) is 0 Å². The molecule has 212 valence electrons. The number of aliphatic hydroxyl groups is 1. The van der Waals surface area contributed by atoms with Gasteiger partial charge in [-0.3, -0.25) is 0 Å². The first-order chi connectivity index (χ1) is 17.7. The minimum atomic E-state index is -1.60. The van der Waals surface area contributed by atoms with Crippen LogP contribution in [0, 0.1) is 23.7 Å². The molecule has 0 aromatic rings. The van der Waals surface area contributed by atoms with E-state index in [4.69, 9.17) is 0 Å². The van der Waals surface area contributed by atoms with Crippen LogP contribution in [-0.2, 0) is 9.59 Å². The molecule has 3 aliphatic rings. The number of carbonyl (C=O) groups excluding carboxylic acids is 3. The molecule has 0 aliphatic carbocycles. The number of carbonyl (C=O) groups is 3. The number of allylic oxidation sites excluding steroid dienone is 1. The van der Waals surface area contributed by atoms with Gasteiger partial charge >= 0.3 is 218 Å². The van der Waals surface area contributed by atoms with Gasteiger partial charge in [0.1, 0.15) is 0 Å². The molecule has 0 bridgehead atoms. The fourth-order valence-corrected chi connectivity index (χ4v) is 13.4. The number of alkyl halides is 2. The summed E-state index contributed by atoms with van der Waals surface area (Å²) in [5.74, 6) is 0.722. The zero-order valence-electron chi connectivity index (χ0n) is 23.3. The summed E-state index contributed by atoms with van der Waals surface area (Å²) in [5, 5.41) is 14.5. The number of rotatable bonds is 9. The number of likely N-dealkylation sites (tertiary alicyclic amines) is 1. The third-order valence-electron chi connectivity index (χ3n) is 7.85. The molecule has 4 atom stereocenters. The van der Waals surface area contributed by atoms with Gasteiger partial charge in [-0.05, 0) is 6.92 Å².